The van der Waals surface area contributed by atoms with E-state index in [1.165, 1.54) is 0 Å². The van der Waals surface area contributed by atoms with E-state index >= 15 is 0 Å². The number of anilines is 1. The van der Waals surface area contributed by atoms with Crippen LogP contribution in [0.2, 0.25) is 0 Å². The maximum absolute atomic E-state index is 11.2. The van der Waals surface area contributed by atoms with Gasteiger partial charge in [-0.3, -0.25) is 4.79 Å². The topological polar surface area (TPSA) is 68.3 Å². The summed E-state index contributed by atoms with van der Waals surface area (Å²) in [7, 11) is 0. The number of ether oxygens (including phenoxy) is 1. The van der Waals surface area contributed by atoms with Crippen LogP contribution in [0.1, 0.15) is 6.92 Å². The first-order valence-corrected chi connectivity index (χ1v) is 5.31. The first-order chi connectivity index (χ1) is 7.13. The molecule has 0 aliphatic carbocycles. The van der Waals surface area contributed by atoms with Gasteiger partial charge in [0.05, 0.1) is 6.61 Å². The third kappa shape index (κ3) is 3.82. The summed E-state index contributed by atoms with van der Waals surface area (Å²) < 4.78 is 5.44. The predicted octanol–water partition coefficient (Wildman–Crippen LogP) is 1.19. The summed E-state index contributed by atoms with van der Waals surface area (Å²) in [5, 5.41) is 2.34. The summed E-state index contributed by atoms with van der Waals surface area (Å²) in [6.07, 6.45) is 1.54. The molecule has 0 radical (unpaired) electrons. The number of aromatic nitrogens is 1. The standard InChI is InChI=1S/C9H9IN2O3/c1-2-15-9(14)8(13)12-7-5-6(10)3-4-11-7/h3-5H,2H2,1H3,(H,11,12,13). The van der Waals surface area contributed by atoms with Gasteiger partial charge in [-0.2, -0.15) is 0 Å². The highest BCUT2D eigenvalue weighted by Crippen LogP contribution is 2.08. The van der Waals surface area contributed by atoms with E-state index in [1.807, 2.05) is 0 Å². The molecule has 0 saturated carbocycles. The molecule has 6 heteroatoms. The van der Waals surface area contributed by atoms with Gasteiger partial charge in [0.25, 0.3) is 0 Å². The van der Waals surface area contributed by atoms with Gasteiger partial charge >= 0.3 is 11.9 Å². The van der Waals surface area contributed by atoms with Gasteiger partial charge in [-0.25, -0.2) is 9.78 Å². The van der Waals surface area contributed by atoms with Gasteiger partial charge < -0.3 is 10.1 Å². The van der Waals surface area contributed by atoms with Gasteiger partial charge in [-0.1, -0.05) is 0 Å². The quantitative estimate of drug-likeness (QED) is 0.505. The summed E-state index contributed by atoms with van der Waals surface area (Å²) in [6, 6.07) is 3.43. The molecule has 0 fully saturated rings. The van der Waals surface area contributed by atoms with Crippen molar-refractivity contribution in [2.45, 2.75) is 6.92 Å². The molecule has 0 saturated heterocycles. The first-order valence-electron chi connectivity index (χ1n) is 4.23. The van der Waals surface area contributed by atoms with Crippen molar-refractivity contribution in [2.24, 2.45) is 0 Å². The lowest BCUT2D eigenvalue weighted by Gasteiger charge is -2.03. The van der Waals surface area contributed by atoms with E-state index in [4.69, 9.17) is 0 Å². The Bertz CT molecular complexity index is 381. The molecule has 0 aromatic carbocycles. The minimum absolute atomic E-state index is 0.173. The Kier molecular flexibility index (Phi) is 4.47. The zero-order valence-corrected chi connectivity index (χ0v) is 10.1. The number of halogens is 1. The number of esters is 1. The van der Waals surface area contributed by atoms with Crippen LogP contribution in [-0.4, -0.2) is 23.5 Å². The minimum Gasteiger partial charge on any atom is -0.459 e. The van der Waals surface area contributed by atoms with Gasteiger partial charge in [0.15, 0.2) is 0 Å². The van der Waals surface area contributed by atoms with Crippen LogP contribution in [0, 0.1) is 3.57 Å². The number of amides is 1. The minimum atomic E-state index is -0.904. The van der Waals surface area contributed by atoms with Gasteiger partial charge in [0.2, 0.25) is 0 Å². The number of hydrogen-bond donors (Lipinski definition) is 1. The van der Waals surface area contributed by atoms with Gasteiger partial charge in [0, 0.05) is 9.77 Å². The number of rotatable bonds is 2. The zero-order chi connectivity index (χ0) is 11.3. The van der Waals surface area contributed by atoms with Crippen LogP contribution in [-0.2, 0) is 14.3 Å². The van der Waals surface area contributed by atoms with Crippen LogP contribution in [0.3, 0.4) is 0 Å². The molecule has 1 amide bonds. The highest BCUT2D eigenvalue weighted by molar-refractivity contribution is 14.1. The fourth-order valence-electron chi connectivity index (χ4n) is 0.837. The number of pyridine rings is 1. The van der Waals surface area contributed by atoms with E-state index < -0.39 is 11.9 Å². The molecule has 1 N–H and O–H groups in total. The van der Waals surface area contributed by atoms with E-state index in [0.29, 0.717) is 5.82 Å². The van der Waals surface area contributed by atoms with E-state index in [1.54, 1.807) is 25.3 Å². The molecule has 0 bridgehead atoms. The van der Waals surface area contributed by atoms with Crippen LogP contribution in [0.4, 0.5) is 5.82 Å². The average molecular weight is 320 g/mol. The fourth-order valence-corrected chi connectivity index (χ4v) is 1.29. The van der Waals surface area contributed by atoms with E-state index in [9.17, 15) is 9.59 Å². The summed E-state index contributed by atoms with van der Waals surface area (Å²) >= 11 is 2.08. The van der Waals surface area contributed by atoms with Crippen LogP contribution in [0.15, 0.2) is 18.3 Å². The van der Waals surface area contributed by atoms with Crippen LogP contribution >= 0.6 is 22.6 Å². The van der Waals surface area contributed by atoms with Crippen molar-refractivity contribution in [1.82, 2.24) is 4.98 Å². The smallest absolute Gasteiger partial charge is 0.397 e. The lowest BCUT2D eigenvalue weighted by Crippen LogP contribution is -2.25. The SMILES string of the molecule is CCOC(=O)C(=O)Nc1cc(I)ccn1. The van der Waals surface area contributed by atoms with Crippen molar-refractivity contribution in [3.63, 3.8) is 0 Å². The number of nitrogens with zero attached hydrogens (tertiary/aromatic N) is 1. The molecule has 1 aromatic rings. The lowest BCUT2D eigenvalue weighted by atomic mass is 10.4. The molecular formula is C9H9IN2O3. The maximum atomic E-state index is 11.2. The van der Waals surface area contributed by atoms with Crippen LogP contribution < -0.4 is 5.32 Å². The monoisotopic (exact) mass is 320 g/mol. The van der Waals surface area contributed by atoms with E-state index in [0.717, 1.165) is 3.57 Å². The van der Waals surface area contributed by atoms with Crippen molar-refractivity contribution in [3.05, 3.63) is 21.9 Å². The summed E-state index contributed by atoms with van der Waals surface area (Å²) in [4.78, 5) is 26.0. The zero-order valence-electron chi connectivity index (χ0n) is 7.99. The Morgan fingerprint density at radius 1 is 1.60 bits per heavy atom. The van der Waals surface area contributed by atoms with E-state index in [-0.39, 0.29) is 6.61 Å². The van der Waals surface area contributed by atoms with Crippen molar-refractivity contribution >= 4 is 40.3 Å². The second-order valence-corrected chi connectivity index (χ2v) is 3.78. The Balaban J connectivity index is 2.62. The third-order valence-corrected chi connectivity index (χ3v) is 2.10. The molecule has 15 heavy (non-hydrogen) atoms. The van der Waals surface area contributed by atoms with Crippen molar-refractivity contribution in [3.8, 4) is 0 Å². The molecule has 0 aliphatic heterocycles. The summed E-state index contributed by atoms with van der Waals surface area (Å²) in [5.74, 6) is -1.38. The van der Waals surface area contributed by atoms with Crippen molar-refractivity contribution < 1.29 is 14.3 Å². The molecule has 0 unspecified atom stereocenters. The largest absolute Gasteiger partial charge is 0.459 e. The normalized spacial score (nSPS) is 9.47. The molecule has 0 aliphatic rings. The maximum Gasteiger partial charge on any atom is 0.397 e. The Labute approximate surface area is 100 Å². The van der Waals surface area contributed by atoms with Gasteiger partial charge in [-0.15, -0.1) is 0 Å². The van der Waals surface area contributed by atoms with Gasteiger partial charge in [0.1, 0.15) is 5.82 Å². The molecule has 80 valence electrons. The van der Waals surface area contributed by atoms with Crippen molar-refractivity contribution in [1.29, 1.82) is 0 Å². The second kappa shape index (κ2) is 5.64. The Morgan fingerprint density at radius 2 is 2.33 bits per heavy atom. The van der Waals surface area contributed by atoms with Crippen LogP contribution in [0.25, 0.3) is 0 Å². The molecule has 1 rings (SSSR count). The predicted molar refractivity (Wildman–Crippen MR) is 62.2 cm³/mol. The number of nitrogens with one attached hydrogen (secondary N) is 1. The number of carbonyl (C=O) groups excluding carboxylic acids is 2. The Hall–Kier alpha value is -1.18. The van der Waals surface area contributed by atoms with Gasteiger partial charge in [-0.05, 0) is 41.6 Å². The van der Waals surface area contributed by atoms with Crippen LogP contribution in [0.5, 0.6) is 0 Å². The molecule has 1 heterocycles. The summed E-state index contributed by atoms with van der Waals surface area (Å²) in [6.45, 7) is 1.81. The Morgan fingerprint density at radius 3 is 2.93 bits per heavy atom. The molecule has 5 nitrogen and oxygen atoms in total. The van der Waals surface area contributed by atoms with E-state index in [2.05, 4.69) is 37.6 Å². The fraction of sp³-hybridized carbons (Fsp3) is 0.222. The molecule has 0 atom stereocenters. The number of hydrogen-bond acceptors (Lipinski definition) is 4. The second-order valence-electron chi connectivity index (χ2n) is 2.53. The van der Waals surface area contributed by atoms with Crippen molar-refractivity contribution in [2.75, 3.05) is 11.9 Å². The summed E-state index contributed by atoms with van der Waals surface area (Å²) in [5.41, 5.74) is 0. The lowest BCUT2D eigenvalue weighted by molar-refractivity contribution is -0.152. The average Bonchev–Trinajstić information content (AvgIpc) is 2.18. The first kappa shape index (κ1) is 11.9. The molecular weight excluding hydrogens is 311 g/mol. The molecule has 1 aromatic heterocycles. The number of carbonyl (C=O) groups is 2. The highest BCUT2D eigenvalue weighted by Gasteiger charge is 2.14. The third-order valence-electron chi connectivity index (χ3n) is 1.42. The molecule has 0 spiro atoms. The highest BCUT2D eigenvalue weighted by atomic mass is 127.